The first kappa shape index (κ1) is 15.5. The van der Waals surface area contributed by atoms with Crippen molar-refractivity contribution in [2.45, 2.75) is 33.2 Å². The molecule has 1 saturated heterocycles. The molecule has 7 heteroatoms. The van der Waals surface area contributed by atoms with Crippen LogP contribution in [-0.4, -0.2) is 59.0 Å². The highest BCUT2D eigenvalue weighted by Gasteiger charge is 2.25. The summed E-state index contributed by atoms with van der Waals surface area (Å²) in [7, 11) is 0. The van der Waals surface area contributed by atoms with E-state index >= 15 is 0 Å². The third-order valence-corrected chi connectivity index (χ3v) is 3.78. The third-order valence-electron chi connectivity index (χ3n) is 3.78. The van der Waals surface area contributed by atoms with E-state index in [9.17, 15) is 9.59 Å². The van der Waals surface area contributed by atoms with Crippen LogP contribution in [0.4, 0.5) is 5.82 Å². The van der Waals surface area contributed by atoms with E-state index in [-0.39, 0.29) is 17.9 Å². The van der Waals surface area contributed by atoms with Crippen molar-refractivity contribution in [3.8, 4) is 0 Å². The third kappa shape index (κ3) is 4.04. The maximum atomic E-state index is 12.2. The van der Waals surface area contributed by atoms with E-state index < -0.39 is 0 Å². The van der Waals surface area contributed by atoms with E-state index in [2.05, 4.69) is 15.4 Å². The summed E-state index contributed by atoms with van der Waals surface area (Å²) < 4.78 is 4.93. The highest BCUT2D eigenvalue weighted by Crippen LogP contribution is 2.11. The summed E-state index contributed by atoms with van der Waals surface area (Å²) in [6.07, 6.45) is 0.875. The average Bonchev–Trinajstić information content (AvgIpc) is 2.71. The van der Waals surface area contributed by atoms with Crippen molar-refractivity contribution in [3.05, 3.63) is 11.8 Å². The summed E-state index contributed by atoms with van der Waals surface area (Å²) >= 11 is 0. The number of hydrogen-bond donors (Lipinski definition) is 1. The van der Waals surface area contributed by atoms with Crippen molar-refractivity contribution in [1.82, 2.24) is 15.0 Å². The van der Waals surface area contributed by atoms with Gasteiger partial charge in [-0.15, -0.1) is 0 Å². The Labute approximate surface area is 124 Å². The lowest BCUT2D eigenvalue weighted by Gasteiger charge is -2.26. The Morgan fingerprint density at radius 3 is 2.71 bits per heavy atom. The van der Waals surface area contributed by atoms with Gasteiger partial charge in [0.05, 0.1) is 6.04 Å². The van der Waals surface area contributed by atoms with E-state index in [0.717, 1.165) is 19.5 Å². The molecule has 1 aliphatic rings. The maximum Gasteiger partial charge on any atom is 0.242 e. The zero-order valence-electron chi connectivity index (χ0n) is 12.8. The van der Waals surface area contributed by atoms with Gasteiger partial charge in [-0.05, 0) is 20.3 Å². The van der Waals surface area contributed by atoms with Gasteiger partial charge in [0.2, 0.25) is 11.8 Å². The fourth-order valence-electron chi connectivity index (χ4n) is 2.46. The Bertz CT molecular complexity index is 514. The van der Waals surface area contributed by atoms with E-state index in [0.29, 0.717) is 24.7 Å². The summed E-state index contributed by atoms with van der Waals surface area (Å²) in [4.78, 5) is 27.6. The second-order valence-electron chi connectivity index (χ2n) is 5.38. The lowest BCUT2D eigenvalue weighted by atomic mass is 10.2. The predicted octanol–water partition coefficient (Wildman–Crippen LogP) is 0.864. The molecule has 0 aliphatic carbocycles. The highest BCUT2D eigenvalue weighted by molar-refractivity contribution is 5.93. The summed E-state index contributed by atoms with van der Waals surface area (Å²) in [5, 5.41) is 6.51. The van der Waals surface area contributed by atoms with Gasteiger partial charge in [-0.25, -0.2) is 0 Å². The quantitative estimate of drug-likeness (QED) is 0.894. The van der Waals surface area contributed by atoms with E-state index in [4.69, 9.17) is 4.52 Å². The number of aryl methyl sites for hydroxylation is 1. The molecule has 1 aromatic rings. The van der Waals surface area contributed by atoms with Crippen LogP contribution in [0.25, 0.3) is 0 Å². The summed E-state index contributed by atoms with van der Waals surface area (Å²) in [5.41, 5.74) is 0. The molecule has 0 unspecified atom stereocenters. The van der Waals surface area contributed by atoms with Crippen molar-refractivity contribution in [1.29, 1.82) is 0 Å². The van der Waals surface area contributed by atoms with Gasteiger partial charge >= 0.3 is 0 Å². The summed E-state index contributed by atoms with van der Waals surface area (Å²) in [6, 6.07) is 1.42. The minimum Gasteiger partial charge on any atom is -0.360 e. The van der Waals surface area contributed by atoms with Gasteiger partial charge < -0.3 is 14.7 Å². The van der Waals surface area contributed by atoms with Crippen LogP contribution in [0.3, 0.4) is 0 Å². The molecule has 7 nitrogen and oxygen atoms in total. The van der Waals surface area contributed by atoms with Crippen LogP contribution in [0.1, 0.15) is 26.0 Å². The van der Waals surface area contributed by atoms with Crippen LogP contribution < -0.4 is 5.32 Å². The summed E-state index contributed by atoms with van der Waals surface area (Å²) in [5.74, 6) is 1.07. The molecule has 1 aliphatic heterocycles. The second kappa shape index (κ2) is 6.71. The molecule has 2 amide bonds. The molecule has 21 heavy (non-hydrogen) atoms. The largest absolute Gasteiger partial charge is 0.360 e. The molecular weight excluding hydrogens is 272 g/mol. The predicted molar refractivity (Wildman–Crippen MR) is 77.8 cm³/mol. The molecule has 0 bridgehead atoms. The van der Waals surface area contributed by atoms with Crippen LogP contribution in [0.2, 0.25) is 0 Å². The molecule has 2 rings (SSSR count). The van der Waals surface area contributed by atoms with Crippen molar-refractivity contribution in [2.75, 3.05) is 31.5 Å². The molecule has 0 aromatic carbocycles. The van der Waals surface area contributed by atoms with Gasteiger partial charge in [0.15, 0.2) is 5.82 Å². The molecule has 0 saturated carbocycles. The molecule has 1 atom stereocenters. The first-order valence-corrected chi connectivity index (χ1v) is 7.21. The van der Waals surface area contributed by atoms with E-state index in [1.807, 2.05) is 11.8 Å². The topological polar surface area (TPSA) is 78.7 Å². The fourth-order valence-corrected chi connectivity index (χ4v) is 2.46. The first-order chi connectivity index (χ1) is 9.97. The monoisotopic (exact) mass is 294 g/mol. The molecule has 1 N–H and O–H groups in total. The van der Waals surface area contributed by atoms with Gasteiger partial charge in [-0.1, -0.05) is 5.16 Å². The highest BCUT2D eigenvalue weighted by atomic mass is 16.5. The fraction of sp³-hybridized carbons (Fsp3) is 0.643. The Hall–Kier alpha value is -1.89. The van der Waals surface area contributed by atoms with Crippen molar-refractivity contribution >= 4 is 17.6 Å². The van der Waals surface area contributed by atoms with Gasteiger partial charge in [0.1, 0.15) is 5.76 Å². The molecule has 116 valence electrons. The number of hydrogen-bond acceptors (Lipinski definition) is 5. The molecule has 1 aromatic heterocycles. The number of nitrogens with one attached hydrogen (secondary N) is 1. The van der Waals surface area contributed by atoms with Crippen molar-refractivity contribution < 1.29 is 14.1 Å². The number of carbonyl (C=O) groups is 2. The minimum absolute atomic E-state index is 0.0898. The first-order valence-electron chi connectivity index (χ1n) is 7.21. The lowest BCUT2D eigenvalue weighted by Crippen LogP contribution is -2.44. The standard InChI is InChI=1S/C14H22N4O3/c1-10-9-13(16-21-10)15-14(20)11(2)17-5-4-6-18(8-7-17)12(3)19/h9,11H,4-8H2,1-3H3,(H,15,16,20)/t11-/m1/s1. The van der Waals surface area contributed by atoms with Gasteiger partial charge in [-0.2, -0.15) is 0 Å². The lowest BCUT2D eigenvalue weighted by molar-refractivity contribution is -0.128. The van der Waals surface area contributed by atoms with Gasteiger partial charge in [0.25, 0.3) is 0 Å². The zero-order chi connectivity index (χ0) is 15.4. The Morgan fingerprint density at radius 1 is 1.33 bits per heavy atom. The Balaban J connectivity index is 1.91. The number of rotatable bonds is 3. The normalized spacial score (nSPS) is 18.1. The van der Waals surface area contributed by atoms with Crippen LogP contribution in [0.15, 0.2) is 10.6 Å². The molecule has 1 fully saturated rings. The van der Waals surface area contributed by atoms with Crippen LogP contribution >= 0.6 is 0 Å². The van der Waals surface area contributed by atoms with Crippen LogP contribution in [0.5, 0.6) is 0 Å². The number of amides is 2. The van der Waals surface area contributed by atoms with Gasteiger partial charge in [-0.3, -0.25) is 14.5 Å². The molecule has 0 radical (unpaired) electrons. The summed E-state index contributed by atoms with van der Waals surface area (Å²) in [6.45, 7) is 8.14. The zero-order valence-corrected chi connectivity index (χ0v) is 12.8. The Morgan fingerprint density at radius 2 is 2.10 bits per heavy atom. The smallest absolute Gasteiger partial charge is 0.242 e. The second-order valence-corrected chi connectivity index (χ2v) is 5.38. The number of aromatic nitrogens is 1. The van der Waals surface area contributed by atoms with Crippen LogP contribution in [0, 0.1) is 6.92 Å². The number of anilines is 1. The van der Waals surface area contributed by atoms with E-state index in [1.165, 1.54) is 0 Å². The average molecular weight is 294 g/mol. The van der Waals surface area contributed by atoms with Gasteiger partial charge in [0, 0.05) is 39.2 Å². The van der Waals surface area contributed by atoms with Crippen LogP contribution in [-0.2, 0) is 9.59 Å². The number of nitrogens with zero attached hydrogens (tertiary/aromatic N) is 3. The molecular formula is C14H22N4O3. The maximum absolute atomic E-state index is 12.2. The molecule has 0 spiro atoms. The van der Waals surface area contributed by atoms with Crippen molar-refractivity contribution in [2.24, 2.45) is 0 Å². The minimum atomic E-state index is -0.270. The Kier molecular flexibility index (Phi) is 4.95. The van der Waals surface area contributed by atoms with E-state index in [1.54, 1.807) is 19.9 Å². The van der Waals surface area contributed by atoms with Crippen molar-refractivity contribution in [3.63, 3.8) is 0 Å². The SMILES string of the molecule is CC(=O)N1CCCN([C@H](C)C(=O)Nc2cc(C)on2)CC1. The number of carbonyl (C=O) groups excluding carboxylic acids is 2. The molecule has 2 heterocycles.